The lowest BCUT2D eigenvalue weighted by Gasteiger charge is -2.36. The molecule has 0 aromatic carbocycles. The molecule has 2 aliphatic rings. The average molecular weight is 445 g/mol. The van der Waals surface area contributed by atoms with Crippen LogP contribution in [-0.2, 0) is 0 Å². The molecule has 4 heterocycles. The van der Waals surface area contributed by atoms with E-state index < -0.39 is 0 Å². The van der Waals surface area contributed by atoms with Crippen LogP contribution in [0.15, 0.2) is 42.9 Å². The Morgan fingerprint density at radius 2 is 1.82 bits per heavy atom. The third kappa shape index (κ3) is 5.27. The Morgan fingerprint density at radius 3 is 2.61 bits per heavy atom. The molecule has 1 aliphatic heterocycles. The monoisotopic (exact) mass is 444 g/mol. The second kappa shape index (κ2) is 10.0. The molecule has 0 radical (unpaired) electrons. The van der Waals surface area contributed by atoms with E-state index in [1.54, 1.807) is 0 Å². The summed E-state index contributed by atoms with van der Waals surface area (Å²) in [7, 11) is 0. The van der Waals surface area contributed by atoms with Crippen molar-refractivity contribution in [2.45, 2.75) is 52.0 Å². The van der Waals surface area contributed by atoms with Gasteiger partial charge in [-0.2, -0.15) is 0 Å². The Morgan fingerprint density at radius 1 is 1.00 bits per heavy atom. The fourth-order valence-corrected chi connectivity index (χ4v) is 5.25. The molecule has 3 aromatic heterocycles. The van der Waals surface area contributed by atoms with Gasteiger partial charge in [0.25, 0.3) is 0 Å². The lowest BCUT2D eigenvalue weighted by molar-refractivity contribution is 0.231. The Kier molecular flexibility index (Phi) is 6.72. The Labute approximate surface area is 197 Å². The van der Waals surface area contributed by atoms with Gasteiger partial charge in [0.2, 0.25) is 0 Å². The zero-order chi connectivity index (χ0) is 22.6. The zero-order valence-electron chi connectivity index (χ0n) is 20.0. The number of hydrogen-bond acceptors (Lipinski definition) is 6. The number of aromatic nitrogens is 3. The fourth-order valence-electron chi connectivity index (χ4n) is 5.25. The zero-order valence-corrected chi connectivity index (χ0v) is 20.0. The highest BCUT2D eigenvalue weighted by molar-refractivity contribution is 5.94. The fraction of sp³-hybridized carbons (Fsp3) is 0.519. The van der Waals surface area contributed by atoms with Crippen LogP contribution < -0.4 is 10.2 Å². The van der Waals surface area contributed by atoms with Crippen molar-refractivity contribution in [3.8, 4) is 11.3 Å². The molecule has 0 bridgehead atoms. The van der Waals surface area contributed by atoms with Crippen LogP contribution in [-0.4, -0.2) is 58.6 Å². The highest BCUT2D eigenvalue weighted by Crippen LogP contribution is 2.31. The van der Waals surface area contributed by atoms with Gasteiger partial charge >= 0.3 is 0 Å². The lowest BCUT2D eigenvalue weighted by Crippen LogP contribution is -2.47. The molecule has 3 aromatic rings. The molecule has 5 rings (SSSR count). The van der Waals surface area contributed by atoms with E-state index in [0.29, 0.717) is 12.0 Å². The maximum atomic E-state index is 5.19. The second-order valence-corrected chi connectivity index (χ2v) is 10.0. The number of hydrogen-bond donors (Lipinski definition) is 1. The van der Waals surface area contributed by atoms with Gasteiger partial charge in [-0.25, -0.2) is 9.97 Å². The van der Waals surface area contributed by atoms with Crippen molar-refractivity contribution >= 4 is 22.4 Å². The van der Waals surface area contributed by atoms with E-state index in [4.69, 9.17) is 4.98 Å². The molecule has 1 aliphatic carbocycles. The first-order valence-corrected chi connectivity index (χ1v) is 12.6. The minimum Gasteiger partial charge on any atom is -0.367 e. The molecule has 1 N–H and O–H groups in total. The third-order valence-electron chi connectivity index (χ3n) is 6.92. The first-order valence-electron chi connectivity index (χ1n) is 12.6. The summed E-state index contributed by atoms with van der Waals surface area (Å²) in [4.78, 5) is 19.2. The summed E-state index contributed by atoms with van der Waals surface area (Å²) in [6.07, 6.45) is 12.2. The summed E-state index contributed by atoms with van der Waals surface area (Å²) >= 11 is 0. The van der Waals surface area contributed by atoms with Gasteiger partial charge in [0, 0.05) is 73.7 Å². The normalized spacial score (nSPS) is 18.2. The minimum absolute atomic E-state index is 0.535. The maximum Gasteiger partial charge on any atom is 0.137 e. The third-order valence-corrected chi connectivity index (χ3v) is 6.92. The van der Waals surface area contributed by atoms with Crippen LogP contribution >= 0.6 is 0 Å². The summed E-state index contributed by atoms with van der Waals surface area (Å²) in [5.41, 5.74) is 2.10. The Bertz CT molecular complexity index is 1070. The van der Waals surface area contributed by atoms with Crippen molar-refractivity contribution in [1.82, 2.24) is 19.9 Å². The number of nitrogens with zero attached hydrogens (tertiary/aromatic N) is 5. The quantitative estimate of drug-likeness (QED) is 0.563. The summed E-state index contributed by atoms with van der Waals surface area (Å²) in [6, 6.07) is 9.03. The van der Waals surface area contributed by atoms with Crippen LogP contribution in [0.2, 0.25) is 0 Å². The molecular weight excluding hydrogens is 408 g/mol. The molecule has 1 saturated heterocycles. The van der Waals surface area contributed by atoms with Gasteiger partial charge in [-0.15, -0.1) is 0 Å². The molecule has 6 heteroatoms. The standard InChI is InChI=1S/C27H36N6/c1-20(2)19-32-12-14-33(15-13-32)27-24-9-10-28-18-22(24)16-25(31-27)21-8-11-29-26(17-21)30-23-6-4-3-5-7-23/h8-11,16-18,20,23H,3-7,12-15,19H2,1-2H3,(H,29,30). The highest BCUT2D eigenvalue weighted by Gasteiger charge is 2.21. The summed E-state index contributed by atoms with van der Waals surface area (Å²) in [5.74, 6) is 2.73. The van der Waals surface area contributed by atoms with Gasteiger partial charge in [0.15, 0.2) is 0 Å². The van der Waals surface area contributed by atoms with Gasteiger partial charge in [-0.05, 0) is 43.0 Å². The number of nitrogens with one attached hydrogen (secondary N) is 1. The Balaban J connectivity index is 1.42. The van der Waals surface area contributed by atoms with Crippen LogP contribution in [0.4, 0.5) is 11.6 Å². The molecule has 1 saturated carbocycles. The molecular formula is C27H36N6. The van der Waals surface area contributed by atoms with Crippen molar-refractivity contribution in [2.24, 2.45) is 5.92 Å². The van der Waals surface area contributed by atoms with E-state index in [2.05, 4.69) is 63.2 Å². The van der Waals surface area contributed by atoms with E-state index >= 15 is 0 Å². The number of piperazine rings is 1. The molecule has 2 fully saturated rings. The average Bonchev–Trinajstić information content (AvgIpc) is 2.84. The van der Waals surface area contributed by atoms with E-state index in [1.165, 1.54) is 44.0 Å². The molecule has 174 valence electrons. The van der Waals surface area contributed by atoms with E-state index in [9.17, 15) is 0 Å². The van der Waals surface area contributed by atoms with Crippen LogP contribution in [0.3, 0.4) is 0 Å². The molecule has 6 nitrogen and oxygen atoms in total. The number of rotatable bonds is 6. The predicted octanol–water partition coefficient (Wildman–Crippen LogP) is 5.21. The molecule has 0 unspecified atom stereocenters. The van der Waals surface area contributed by atoms with Gasteiger partial charge in [0.05, 0.1) is 5.69 Å². The van der Waals surface area contributed by atoms with Crippen LogP contribution in [0, 0.1) is 5.92 Å². The van der Waals surface area contributed by atoms with Crippen molar-refractivity contribution in [1.29, 1.82) is 0 Å². The van der Waals surface area contributed by atoms with Crippen LogP contribution in [0.1, 0.15) is 46.0 Å². The molecule has 0 spiro atoms. The SMILES string of the molecule is CC(C)CN1CCN(c2nc(-c3ccnc(NC4CCCCC4)c3)cc3cnccc23)CC1. The van der Waals surface area contributed by atoms with Gasteiger partial charge in [0.1, 0.15) is 11.6 Å². The first-order chi connectivity index (χ1) is 16.2. The smallest absolute Gasteiger partial charge is 0.137 e. The summed E-state index contributed by atoms with van der Waals surface area (Å²) in [5, 5.41) is 5.98. The van der Waals surface area contributed by atoms with E-state index in [1.807, 2.05) is 18.6 Å². The van der Waals surface area contributed by atoms with Gasteiger partial charge < -0.3 is 10.2 Å². The number of pyridine rings is 3. The van der Waals surface area contributed by atoms with Gasteiger partial charge in [-0.1, -0.05) is 33.1 Å². The van der Waals surface area contributed by atoms with Crippen LogP contribution in [0.25, 0.3) is 22.0 Å². The predicted molar refractivity (Wildman–Crippen MR) is 137 cm³/mol. The van der Waals surface area contributed by atoms with E-state index in [0.717, 1.165) is 54.5 Å². The largest absolute Gasteiger partial charge is 0.367 e. The lowest BCUT2D eigenvalue weighted by atomic mass is 9.95. The number of fused-ring (bicyclic) bond motifs is 1. The van der Waals surface area contributed by atoms with Gasteiger partial charge in [-0.3, -0.25) is 9.88 Å². The summed E-state index contributed by atoms with van der Waals surface area (Å²) < 4.78 is 0. The molecule has 0 atom stereocenters. The maximum absolute atomic E-state index is 5.19. The van der Waals surface area contributed by atoms with Crippen molar-refractivity contribution in [3.05, 3.63) is 42.9 Å². The van der Waals surface area contributed by atoms with Crippen molar-refractivity contribution in [3.63, 3.8) is 0 Å². The molecule has 33 heavy (non-hydrogen) atoms. The summed E-state index contributed by atoms with van der Waals surface area (Å²) in [6.45, 7) is 9.94. The second-order valence-electron chi connectivity index (χ2n) is 10.0. The van der Waals surface area contributed by atoms with Crippen molar-refractivity contribution in [2.75, 3.05) is 42.9 Å². The van der Waals surface area contributed by atoms with E-state index in [-0.39, 0.29) is 0 Å². The molecule has 0 amide bonds. The highest BCUT2D eigenvalue weighted by atomic mass is 15.3. The van der Waals surface area contributed by atoms with Crippen LogP contribution in [0.5, 0.6) is 0 Å². The topological polar surface area (TPSA) is 57.2 Å². The number of anilines is 2. The minimum atomic E-state index is 0.535. The van der Waals surface area contributed by atoms with Crippen molar-refractivity contribution < 1.29 is 0 Å². The first kappa shape index (κ1) is 22.1. The Hall–Kier alpha value is -2.73.